The van der Waals surface area contributed by atoms with E-state index < -0.39 is 0 Å². The fourth-order valence-electron chi connectivity index (χ4n) is 3.29. The van der Waals surface area contributed by atoms with Crippen LogP contribution in [0.3, 0.4) is 0 Å². The van der Waals surface area contributed by atoms with E-state index in [1.54, 1.807) is 23.8 Å². The number of aryl methyl sites for hydroxylation is 1. The summed E-state index contributed by atoms with van der Waals surface area (Å²) < 4.78 is 3.21. The monoisotopic (exact) mass is 449 g/mol. The van der Waals surface area contributed by atoms with Gasteiger partial charge in [-0.15, -0.1) is 0 Å². The molecule has 136 valence electrons. The van der Waals surface area contributed by atoms with Gasteiger partial charge in [-0.05, 0) is 67.9 Å². The van der Waals surface area contributed by atoms with Gasteiger partial charge in [0.1, 0.15) is 0 Å². The van der Waals surface area contributed by atoms with Crippen molar-refractivity contribution in [3.05, 3.63) is 66.3 Å². The summed E-state index contributed by atoms with van der Waals surface area (Å²) in [7, 11) is 0. The topological polar surface area (TPSA) is 0 Å². The molecule has 0 radical (unpaired) electrons. The van der Waals surface area contributed by atoms with Crippen LogP contribution in [0.5, 0.6) is 0 Å². The molecule has 0 amide bonds. The molecule has 0 atom stereocenters. The number of rotatable bonds is 11. The first-order chi connectivity index (χ1) is 12.3. The molecule has 0 unspecified atom stereocenters. The van der Waals surface area contributed by atoms with Gasteiger partial charge in [0, 0.05) is 5.56 Å². The van der Waals surface area contributed by atoms with Crippen LogP contribution in [0.25, 0.3) is 0 Å². The van der Waals surface area contributed by atoms with Gasteiger partial charge in [-0.2, -0.15) is 0 Å². The molecule has 0 fully saturated rings. The Kier molecular flexibility index (Phi) is 9.60. The molecule has 2 aromatic carbocycles. The van der Waals surface area contributed by atoms with E-state index in [0.29, 0.717) is 0 Å². The zero-order valence-corrected chi connectivity index (χ0v) is 18.4. The summed E-state index contributed by atoms with van der Waals surface area (Å²) in [5, 5.41) is 0. The Bertz CT molecular complexity index is 615. The average Bonchev–Trinajstić information content (AvgIpc) is 2.65. The first-order valence-corrected chi connectivity index (χ1v) is 12.3. The standard InChI is InChI=1S/C24H34I/c1-4-7-13-20-18-19-24(25-21-14-11-10-12-15-21)23(17-9-6-3)22(20)16-8-5-2/h10-12,14-15,18-19H,4-9,13,16-17H2,1-3H3/q+1. The Morgan fingerprint density at radius 1 is 0.640 bits per heavy atom. The summed E-state index contributed by atoms with van der Waals surface area (Å²) in [4.78, 5) is 0. The molecule has 0 saturated heterocycles. The highest BCUT2D eigenvalue weighted by Crippen LogP contribution is 2.22. The van der Waals surface area contributed by atoms with Crippen LogP contribution in [-0.2, 0) is 19.3 Å². The number of halogens is 1. The van der Waals surface area contributed by atoms with Gasteiger partial charge in [0.2, 0.25) is 0 Å². The van der Waals surface area contributed by atoms with Crippen LogP contribution in [0, 0.1) is 7.14 Å². The molecule has 0 aliphatic heterocycles. The molecule has 0 aromatic heterocycles. The number of hydrogen-bond donors (Lipinski definition) is 0. The molecule has 0 saturated carbocycles. The highest BCUT2D eigenvalue weighted by molar-refractivity contribution is 5.35. The van der Waals surface area contributed by atoms with Crippen LogP contribution < -0.4 is 21.2 Å². The van der Waals surface area contributed by atoms with Gasteiger partial charge in [-0.3, -0.25) is 0 Å². The van der Waals surface area contributed by atoms with Crippen LogP contribution in [0.15, 0.2) is 42.5 Å². The predicted octanol–water partition coefficient (Wildman–Crippen LogP) is 3.84. The Morgan fingerprint density at radius 2 is 1.24 bits per heavy atom. The minimum atomic E-state index is -0.0698. The first kappa shape index (κ1) is 20.5. The van der Waals surface area contributed by atoms with Crippen LogP contribution in [0.1, 0.15) is 76.0 Å². The summed E-state index contributed by atoms with van der Waals surface area (Å²) in [6.45, 7) is 6.94. The zero-order chi connectivity index (χ0) is 17.9. The molecule has 2 rings (SSSR count). The van der Waals surface area contributed by atoms with Crippen molar-refractivity contribution in [2.75, 3.05) is 0 Å². The summed E-state index contributed by atoms with van der Waals surface area (Å²) in [6, 6.07) is 16.1. The molecule has 2 aromatic rings. The molecular formula is C24H34I+. The van der Waals surface area contributed by atoms with Crippen molar-refractivity contribution in [1.29, 1.82) is 0 Å². The third kappa shape index (κ3) is 6.44. The fraction of sp³-hybridized carbons (Fsp3) is 0.500. The smallest absolute Gasteiger partial charge is 0.0654 e. The maximum atomic E-state index is 2.48. The second-order valence-electron chi connectivity index (χ2n) is 6.86. The molecule has 0 nitrogen and oxygen atoms in total. The van der Waals surface area contributed by atoms with Gasteiger partial charge >= 0.3 is 21.2 Å². The van der Waals surface area contributed by atoms with E-state index in [9.17, 15) is 0 Å². The van der Waals surface area contributed by atoms with E-state index in [0.717, 1.165) is 0 Å². The van der Waals surface area contributed by atoms with E-state index in [2.05, 4.69) is 63.2 Å². The van der Waals surface area contributed by atoms with E-state index in [4.69, 9.17) is 0 Å². The minimum absolute atomic E-state index is 0.0698. The largest absolute Gasteiger partial charge is 0.358 e. The molecule has 1 heteroatoms. The number of unbranched alkanes of at least 4 members (excludes halogenated alkanes) is 3. The summed E-state index contributed by atoms with van der Waals surface area (Å²) in [5.74, 6) is 0. The predicted molar refractivity (Wildman–Crippen MR) is 106 cm³/mol. The Balaban J connectivity index is 2.38. The second kappa shape index (κ2) is 11.7. The Hall–Kier alpha value is -0.830. The van der Waals surface area contributed by atoms with Crippen LogP contribution in [0.2, 0.25) is 0 Å². The average molecular weight is 449 g/mol. The maximum absolute atomic E-state index is 2.48. The summed E-state index contributed by atoms with van der Waals surface area (Å²) in [5.41, 5.74) is 5.08. The van der Waals surface area contributed by atoms with Crippen LogP contribution in [-0.4, -0.2) is 0 Å². The van der Waals surface area contributed by atoms with Crippen molar-refractivity contribution in [3.8, 4) is 0 Å². The van der Waals surface area contributed by atoms with Crippen molar-refractivity contribution >= 4 is 0 Å². The van der Waals surface area contributed by atoms with Gasteiger partial charge in [-0.1, -0.05) is 64.3 Å². The quantitative estimate of drug-likeness (QED) is 0.458. The minimum Gasteiger partial charge on any atom is -0.0654 e. The van der Waals surface area contributed by atoms with Crippen LogP contribution in [0.4, 0.5) is 0 Å². The SMILES string of the molecule is CCCCc1ccc([I+]c2ccccc2)c(CCCC)c1CCCC. The van der Waals surface area contributed by atoms with Gasteiger partial charge in [0.25, 0.3) is 0 Å². The van der Waals surface area contributed by atoms with Crippen molar-refractivity contribution < 1.29 is 21.2 Å². The van der Waals surface area contributed by atoms with Crippen LogP contribution >= 0.6 is 0 Å². The summed E-state index contributed by atoms with van der Waals surface area (Å²) >= 11 is -0.0698. The molecule has 0 bridgehead atoms. The summed E-state index contributed by atoms with van der Waals surface area (Å²) in [6.07, 6.45) is 11.6. The van der Waals surface area contributed by atoms with Gasteiger partial charge in [0.05, 0.1) is 0 Å². The number of benzene rings is 2. The lowest BCUT2D eigenvalue weighted by Crippen LogP contribution is -3.61. The third-order valence-electron chi connectivity index (χ3n) is 4.78. The molecule has 0 aliphatic rings. The zero-order valence-electron chi connectivity index (χ0n) is 16.3. The highest BCUT2D eigenvalue weighted by atomic mass is 127. The second-order valence-corrected chi connectivity index (χ2v) is 9.81. The van der Waals surface area contributed by atoms with Crippen molar-refractivity contribution in [3.63, 3.8) is 0 Å². The Morgan fingerprint density at radius 3 is 1.88 bits per heavy atom. The van der Waals surface area contributed by atoms with E-state index >= 15 is 0 Å². The fourth-order valence-corrected chi connectivity index (χ4v) is 6.01. The van der Waals surface area contributed by atoms with Gasteiger partial charge in [-0.25, -0.2) is 0 Å². The lowest BCUT2D eigenvalue weighted by atomic mass is 9.91. The van der Waals surface area contributed by atoms with Gasteiger partial charge in [0.15, 0.2) is 7.14 Å². The molecule has 25 heavy (non-hydrogen) atoms. The third-order valence-corrected chi connectivity index (χ3v) is 7.71. The molecule has 0 spiro atoms. The number of hydrogen-bond acceptors (Lipinski definition) is 0. The molecule has 0 heterocycles. The lowest BCUT2D eigenvalue weighted by molar-refractivity contribution is -0.598. The normalized spacial score (nSPS) is 11.0. The van der Waals surface area contributed by atoms with E-state index in [1.165, 1.54) is 57.8 Å². The van der Waals surface area contributed by atoms with Crippen molar-refractivity contribution in [2.45, 2.75) is 78.6 Å². The maximum Gasteiger partial charge on any atom is 0.358 e. The van der Waals surface area contributed by atoms with Crippen molar-refractivity contribution in [2.24, 2.45) is 0 Å². The Labute approximate surface area is 165 Å². The molecule has 0 N–H and O–H groups in total. The first-order valence-electron chi connectivity index (χ1n) is 10.1. The van der Waals surface area contributed by atoms with E-state index in [1.807, 2.05) is 0 Å². The lowest BCUT2D eigenvalue weighted by Gasteiger charge is -2.15. The van der Waals surface area contributed by atoms with Gasteiger partial charge < -0.3 is 0 Å². The molecule has 0 aliphatic carbocycles. The van der Waals surface area contributed by atoms with Crippen molar-refractivity contribution in [1.82, 2.24) is 0 Å². The highest BCUT2D eigenvalue weighted by Gasteiger charge is 2.23. The van der Waals surface area contributed by atoms with E-state index in [-0.39, 0.29) is 21.2 Å². The molecular weight excluding hydrogens is 415 g/mol.